The number of hydrogen-bond donors (Lipinski definition) is 1. The van der Waals surface area contributed by atoms with E-state index in [0.29, 0.717) is 18.0 Å². The topological polar surface area (TPSA) is 51.5 Å². The zero-order valence-corrected chi connectivity index (χ0v) is 14.3. The van der Waals surface area contributed by atoms with Crippen LogP contribution in [0.4, 0.5) is 18.9 Å². The second kappa shape index (κ2) is 7.57. The Morgan fingerprint density at radius 2 is 1.81 bits per heavy atom. The van der Waals surface area contributed by atoms with Crippen LogP contribution < -0.4 is 10.1 Å². The molecule has 1 heterocycles. The molecule has 0 bridgehead atoms. The Morgan fingerprint density at radius 3 is 2.48 bits per heavy atom. The predicted molar refractivity (Wildman–Crippen MR) is 94.7 cm³/mol. The van der Waals surface area contributed by atoms with Gasteiger partial charge in [-0.05, 0) is 55.5 Å². The van der Waals surface area contributed by atoms with E-state index >= 15 is 0 Å². The van der Waals surface area contributed by atoms with E-state index in [2.05, 4.69) is 5.32 Å². The van der Waals surface area contributed by atoms with Crippen molar-refractivity contribution in [3.05, 3.63) is 72.0 Å². The lowest BCUT2D eigenvalue weighted by Gasteiger charge is -2.07. The van der Waals surface area contributed by atoms with Gasteiger partial charge in [0.25, 0.3) is 5.91 Å². The first-order chi connectivity index (χ1) is 12.9. The lowest BCUT2D eigenvalue weighted by Crippen LogP contribution is -2.10. The summed E-state index contributed by atoms with van der Waals surface area (Å²) in [4.78, 5) is 12.3. The van der Waals surface area contributed by atoms with Crippen molar-refractivity contribution in [3.8, 4) is 17.1 Å². The van der Waals surface area contributed by atoms with E-state index < -0.39 is 17.6 Å². The van der Waals surface area contributed by atoms with Crippen molar-refractivity contribution < 1.29 is 27.1 Å². The quantitative estimate of drug-likeness (QED) is 0.630. The van der Waals surface area contributed by atoms with Gasteiger partial charge in [0.2, 0.25) is 0 Å². The summed E-state index contributed by atoms with van der Waals surface area (Å²) in [6, 6.07) is 14.4. The van der Waals surface area contributed by atoms with Crippen LogP contribution >= 0.6 is 0 Å². The Hall–Kier alpha value is -3.22. The molecule has 1 aromatic heterocycles. The smallest absolute Gasteiger partial charge is 0.416 e. The number of carbonyl (C=O) groups is 1. The van der Waals surface area contributed by atoms with Crippen LogP contribution in [-0.2, 0) is 6.18 Å². The molecule has 0 atom stereocenters. The van der Waals surface area contributed by atoms with E-state index in [1.54, 1.807) is 24.3 Å². The zero-order valence-electron chi connectivity index (χ0n) is 14.3. The molecule has 0 aliphatic carbocycles. The monoisotopic (exact) mass is 375 g/mol. The van der Waals surface area contributed by atoms with Gasteiger partial charge in [0.15, 0.2) is 5.76 Å². The molecule has 27 heavy (non-hydrogen) atoms. The molecule has 0 aliphatic rings. The molecule has 0 aliphatic heterocycles. The zero-order chi connectivity index (χ0) is 19.4. The van der Waals surface area contributed by atoms with Crippen LogP contribution in [-0.4, -0.2) is 12.5 Å². The van der Waals surface area contributed by atoms with Crippen LogP contribution in [0, 0.1) is 0 Å². The van der Waals surface area contributed by atoms with Gasteiger partial charge in [0.05, 0.1) is 12.2 Å². The summed E-state index contributed by atoms with van der Waals surface area (Å²) >= 11 is 0. The van der Waals surface area contributed by atoms with Crippen molar-refractivity contribution in [3.63, 3.8) is 0 Å². The van der Waals surface area contributed by atoms with Gasteiger partial charge >= 0.3 is 6.18 Å². The van der Waals surface area contributed by atoms with Crippen molar-refractivity contribution in [2.45, 2.75) is 13.1 Å². The van der Waals surface area contributed by atoms with Gasteiger partial charge in [-0.1, -0.05) is 12.1 Å². The minimum absolute atomic E-state index is 0.00343. The highest BCUT2D eigenvalue weighted by molar-refractivity contribution is 6.02. The molecule has 0 spiro atoms. The molecular weight excluding hydrogens is 359 g/mol. The third-order valence-corrected chi connectivity index (χ3v) is 3.73. The SMILES string of the molecule is CCOc1ccc(NC(=O)c2ccc(-c3cccc(C(F)(F)F)c3)o2)cc1. The molecule has 7 heteroatoms. The first-order valence-electron chi connectivity index (χ1n) is 8.18. The Balaban J connectivity index is 1.74. The highest BCUT2D eigenvalue weighted by Crippen LogP contribution is 2.32. The molecule has 0 fully saturated rings. The summed E-state index contributed by atoms with van der Waals surface area (Å²) in [6.07, 6.45) is -4.45. The van der Waals surface area contributed by atoms with Gasteiger partial charge in [-0.15, -0.1) is 0 Å². The molecule has 4 nitrogen and oxygen atoms in total. The van der Waals surface area contributed by atoms with E-state index in [1.807, 2.05) is 6.92 Å². The molecular formula is C20H16F3NO3. The van der Waals surface area contributed by atoms with Crippen LogP contribution in [0.15, 0.2) is 65.1 Å². The lowest BCUT2D eigenvalue weighted by molar-refractivity contribution is -0.137. The highest BCUT2D eigenvalue weighted by atomic mass is 19.4. The predicted octanol–water partition coefficient (Wildman–Crippen LogP) is 5.62. The fourth-order valence-electron chi connectivity index (χ4n) is 2.46. The van der Waals surface area contributed by atoms with Crippen molar-refractivity contribution in [1.29, 1.82) is 0 Å². The Bertz CT molecular complexity index is 930. The van der Waals surface area contributed by atoms with E-state index in [4.69, 9.17) is 9.15 Å². The fraction of sp³-hybridized carbons (Fsp3) is 0.150. The standard InChI is InChI=1S/C20H16F3NO3/c1-2-26-16-8-6-15(7-9-16)24-19(25)18-11-10-17(27-18)13-4-3-5-14(12-13)20(21,22)23/h3-12H,2H2,1H3,(H,24,25). The number of benzene rings is 2. The first kappa shape index (κ1) is 18.6. The third kappa shape index (κ3) is 4.49. The number of carbonyl (C=O) groups excluding carboxylic acids is 1. The number of furan rings is 1. The average molecular weight is 375 g/mol. The number of rotatable bonds is 5. The number of anilines is 1. The number of nitrogens with one attached hydrogen (secondary N) is 1. The Labute approximate surface area is 153 Å². The minimum Gasteiger partial charge on any atom is -0.494 e. The molecule has 0 saturated carbocycles. The van der Waals surface area contributed by atoms with Gasteiger partial charge < -0.3 is 14.5 Å². The molecule has 140 valence electrons. The molecule has 2 aromatic carbocycles. The number of alkyl halides is 3. The molecule has 0 radical (unpaired) electrons. The van der Waals surface area contributed by atoms with Crippen molar-refractivity contribution in [2.24, 2.45) is 0 Å². The van der Waals surface area contributed by atoms with E-state index in [-0.39, 0.29) is 17.1 Å². The molecule has 0 unspecified atom stereocenters. The summed E-state index contributed by atoms with van der Waals surface area (Å²) in [6.45, 7) is 2.41. The van der Waals surface area contributed by atoms with Crippen LogP contribution in [0.25, 0.3) is 11.3 Å². The van der Waals surface area contributed by atoms with E-state index in [0.717, 1.165) is 12.1 Å². The molecule has 3 aromatic rings. The van der Waals surface area contributed by atoms with Gasteiger partial charge in [0, 0.05) is 11.3 Å². The van der Waals surface area contributed by atoms with E-state index in [1.165, 1.54) is 24.3 Å². The maximum atomic E-state index is 12.8. The van der Waals surface area contributed by atoms with Crippen LogP contribution in [0.1, 0.15) is 23.0 Å². The maximum absolute atomic E-state index is 12.8. The lowest BCUT2D eigenvalue weighted by atomic mass is 10.1. The molecule has 3 rings (SSSR count). The summed E-state index contributed by atoms with van der Waals surface area (Å²) in [5, 5.41) is 2.66. The normalized spacial score (nSPS) is 11.3. The van der Waals surface area contributed by atoms with Gasteiger partial charge in [-0.25, -0.2) is 0 Å². The van der Waals surface area contributed by atoms with Crippen molar-refractivity contribution >= 4 is 11.6 Å². The van der Waals surface area contributed by atoms with Crippen LogP contribution in [0.2, 0.25) is 0 Å². The Morgan fingerprint density at radius 1 is 1.07 bits per heavy atom. The van der Waals surface area contributed by atoms with E-state index in [9.17, 15) is 18.0 Å². The minimum atomic E-state index is -4.45. The first-order valence-corrected chi connectivity index (χ1v) is 8.18. The number of hydrogen-bond acceptors (Lipinski definition) is 3. The average Bonchev–Trinajstić information content (AvgIpc) is 3.13. The number of halogens is 3. The van der Waals surface area contributed by atoms with Crippen molar-refractivity contribution in [2.75, 3.05) is 11.9 Å². The second-order valence-electron chi connectivity index (χ2n) is 5.65. The van der Waals surface area contributed by atoms with Gasteiger partial charge in [-0.2, -0.15) is 13.2 Å². The summed E-state index contributed by atoms with van der Waals surface area (Å²) in [7, 11) is 0. The third-order valence-electron chi connectivity index (χ3n) is 3.73. The Kier molecular flexibility index (Phi) is 5.21. The van der Waals surface area contributed by atoms with Crippen LogP contribution in [0.5, 0.6) is 5.75 Å². The fourth-order valence-corrected chi connectivity index (χ4v) is 2.46. The number of ether oxygens (including phenoxy) is 1. The summed E-state index contributed by atoms with van der Waals surface area (Å²) < 4.78 is 49.3. The highest BCUT2D eigenvalue weighted by Gasteiger charge is 2.30. The number of amides is 1. The van der Waals surface area contributed by atoms with Crippen molar-refractivity contribution in [1.82, 2.24) is 0 Å². The summed E-state index contributed by atoms with van der Waals surface area (Å²) in [5.74, 6) is 0.354. The van der Waals surface area contributed by atoms with Gasteiger partial charge in [0.1, 0.15) is 11.5 Å². The molecule has 1 amide bonds. The largest absolute Gasteiger partial charge is 0.494 e. The molecule has 1 N–H and O–H groups in total. The van der Waals surface area contributed by atoms with Crippen LogP contribution in [0.3, 0.4) is 0 Å². The maximum Gasteiger partial charge on any atom is 0.416 e. The second-order valence-corrected chi connectivity index (χ2v) is 5.65. The molecule has 0 saturated heterocycles. The van der Waals surface area contributed by atoms with Gasteiger partial charge in [-0.3, -0.25) is 4.79 Å². The summed E-state index contributed by atoms with van der Waals surface area (Å²) in [5.41, 5.74) is 0.00204.